The van der Waals surface area contributed by atoms with E-state index in [0.29, 0.717) is 6.42 Å². The molecule has 1 aromatic carbocycles. The fraction of sp³-hybridized carbons (Fsp3) is 0.417. The van der Waals surface area contributed by atoms with Crippen molar-refractivity contribution in [2.45, 2.75) is 31.2 Å². The van der Waals surface area contributed by atoms with Crippen molar-refractivity contribution in [2.24, 2.45) is 5.73 Å². The molecule has 0 unspecified atom stereocenters. The number of hydrogen-bond acceptors (Lipinski definition) is 2. The highest BCUT2D eigenvalue weighted by atomic mass is 16.1. The predicted molar refractivity (Wildman–Crippen MR) is 55.9 cm³/mol. The van der Waals surface area contributed by atoms with E-state index in [-0.39, 0.29) is 5.78 Å². The standard InChI is InChI=1S/C12H15NO/c13-12(8-9-12)11(14)7-6-10-4-2-1-3-5-10/h1-5H,6-9,13H2. The SMILES string of the molecule is NC1(C(=O)CCc2ccccc2)CC1. The summed E-state index contributed by atoms with van der Waals surface area (Å²) in [6, 6.07) is 10.1. The Labute approximate surface area is 84.1 Å². The van der Waals surface area contributed by atoms with Gasteiger partial charge in [-0.3, -0.25) is 4.79 Å². The van der Waals surface area contributed by atoms with Crippen molar-refractivity contribution < 1.29 is 4.79 Å². The molecule has 1 aromatic rings. The number of hydrogen-bond donors (Lipinski definition) is 1. The summed E-state index contributed by atoms with van der Waals surface area (Å²) in [7, 11) is 0. The number of Topliss-reactive ketones (excluding diaryl/α,β-unsaturated/α-hetero) is 1. The number of carbonyl (C=O) groups excluding carboxylic acids is 1. The first kappa shape index (κ1) is 9.41. The largest absolute Gasteiger partial charge is 0.319 e. The Kier molecular flexibility index (Phi) is 2.38. The van der Waals surface area contributed by atoms with Crippen LogP contribution in [0, 0.1) is 0 Å². The number of benzene rings is 1. The Hall–Kier alpha value is -1.15. The lowest BCUT2D eigenvalue weighted by Gasteiger charge is -2.06. The molecule has 0 aliphatic heterocycles. The van der Waals surface area contributed by atoms with E-state index in [2.05, 4.69) is 0 Å². The van der Waals surface area contributed by atoms with Crippen molar-refractivity contribution >= 4 is 5.78 Å². The number of nitrogens with two attached hydrogens (primary N) is 1. The van der Waals surface area contributed by atoms with Crippen molar-refractivity contribution in [2.75, 3.05) is 0 Å². The van der Waals surface area contributed by atoms with Gasteiger partial charge in [-0.15, -0.1) is 0 Å². The minimum absolute atomic E-state index is 0.223. The molecule has 1 fully saturated rings. The molecule has 0 spiro atoms. The topological polar surface area (TPSA) is 43.1 Å². The predicted octanol–water partition coefficient (Wildman–Crippen LogP) is 1.68. The molecule has 2 nitrogen and oxygen atoms in total. The molecule has 0 aromatic heterocycles. The smallest absolute Gasteiger partial charge is 0.152 e. The number of aryl methyl sites for hydroxylation is 1. The summed E-state index contributed by atoms with van der Waals surface area (Å²) in [5.41, 5.74) is 6.57. The summed E-state index contributed by atoms with van der Waals surface area (Å²) >= 11 is 0. The molecule has 0 amide bonds. The number of rotatable bonds is 4. The van der Waals surface area contributed by atoms with Crippen LogP contribution in [0.25, 0.3) is 0 Å². The Morgan fingerprint density at radius 3 is 2.50 bits per heavy atom. The van der Waals surface area contributed by atoms with Crippen molar-refractivity contribution in [3.8, 4) is 0 Å². The minimum atomic E-state index is -0.450. The Morgan fingerprint density at radius 1 is 1.29 bits per heavy atom. The van der Waals surface area contributed by atoms with Gasteiger partial charge in [-0.2, -0.15) is 0 Å². The van der Waals surface area contributed by atoms with Crippen LogP contribution < -0.4 is 5.73 Å². The average Bonchev–Trinajstić information content (AvgIpc) is 2.96. The van der Waals surface area contributed by atoms with Gasteiger partial charge in [-0.05, 0) is 24.8 Å². The highest BCUT2D eigenvalue weighted by Crippen LogP contribution is 2.34. The maximum Gasteiger partial charge on any atom is 0.152 e. The van der Waals surface area contributed by atoms with Gasteiger partial charge in [0.25, 0.3) is 0 Å². The molecular formula is C12H15NO. The van der Waals surface area contributed by atoms with Gasteiger partial charge < -0.3 is 5.73 Å². The second kappa shape index (κ2) is 3.54. The second-order valence-corrected chi connectivity index (χ2v) is 4.06. The van der Waals surface area contributed by atoms with Gasteiger partial charge in [0, 0.05) is 6.42 Å². The van der Waals surface area contributed by atoms with Crippen LogP contribution >= 0.6 is 0 Å². The molecular weight excluding hydrogens is 174 g/mol. The first-order valence-corrected chi connectivity index (χ1v) is 5.07. The molecule has 2 rings (SSSR count). The zero-order valence-corrected chi connectivity index (χ0v) is 8.20. The molecule has 1 aliphatic rings. The lowest BCUT2D eigenvalue weighted by Crippen LogP contribution is -2.32. The molecule has 2 heteroatoms. The molecule has 0 bridgehead atoms. The zero-order chi connectivity index (χ0) is 10.0. The molecule has 2 N–H and O–H groups in total. The van der Waals surface area contributed by atoms with Crippen LogP contribution in [0.2, 0.25) is 0 Å². The maximum atomic E-state index is 11.6. The van der Waals surface area contributed by atoms with Crippen LogP contribution in [0.1, 0.15) is 24.8 Å². The highest BCUT2D eigenvalue weighted by molar-refractivity contribution is 5.91. The highest BCUT2D eigenvalue weighted by Gasteiger charge is 2.44. The van der Waals surface area contributed by atoms with Crippen molar-refractivity contribution in [3.05, 3.63) is 35.9 Å². The maximum absolute atomic E-state index is 11.6. The van der Waals surface area contributed by atoms with E-state index in [4.69, 9.17) is 5.73 Å². The van der Waals surface area contributed by atoms with Crippen molar-refractivity contribution in [1.82, 2.24) is 0 Å². The lowest BCUT2D eigenvalue weighted by atomic mass is 10.0. The van der Waals surface area contributed by atoms with Crippen molar-refractivity contribution in [1.29, 1.82) is 0 Å². The van der Waals surface area contributed by atoms with E-state index >= 15 is 0 Å². The summed E-state index contributed by atoms with van der Waals surface area (Å²) in [6.45, 7) is 0. The molecule has 74 valence electrons. The third-order valence-electron chi connectivity index (χ3n) is 2.83. The van der Waals surface area contributed by atoms with Gasteiger partial charge in [0.15, 0.2) is 5.78 Å². The zero-order valence-electron chi connectivity index (χ0n) is 8.20. The molecule has 0 atom stereocenters. The quantitative estimate of drug-likeness (QED) is 0.783. The van der Waals surface area contributed by atoms with Crippen LogP contribution in [0.3, 0.4) is 0 Å². The number of ketones is 1. The van der Waals surface area contributed by atoms with Crippen LogP contribution in [0.15, 0.2) is 30.3 Å². The summed E-state index contributed by atoms with van der Waals surface area (Å²) in [4.78, 5) is 11.6. The Bertz CT molecular complexity index is 327. The van der Waals surface area contributed by atoms with E-state index in [1.54, 1.807) is 0 Å². The first-order chi connectivity index (χ1) is 6.71. The summed E-state index contributed by atoms with van der Waals surface area (Å²) in [5.74, 6) is 0.223. The van der Waals surface area contributed by atoms with Gasteiger partial charge in [-0.1, -0.05) is 30.3 Å². The van der Waals surface area contributed by atoms with Gasteiger partial charge >= 0.3 is 0 Å². The normalized spacial score (nSPS) is 17.8. The third kappa shape index (κ3) is 2.02. The van der Waals surface area contributed by atoms with Crippen LogP contribution in [0.5, 0.6) is 0 Å². The van der Waals surface area contributed by atoms with Gasteiger partial charge in [-0.25, -0.2) is 0 Å². The number of carbonyl (C=O) groups is 1. The van der Waals surface area contributed by atoms with E-state index in [0.717, 1.165) is 19.3 Å². The molecule has 14 heavy (non-hydrogen) atoms. The Balaban J connectivity index is 1.86. The molecule has 1 aliphatic carbocycles. The molecule has 1 saturated carbocycles. The first-order valence-electron chi connectivity index (χ1n) is 5.07. The minimum Gasteiger partial charge on any atom is -0.319 e. The lowest BCUT2D eigenvalue weighted by molar-refractivity contribution is -0.121. The molecule has 0 radical (unpaired) electrons. The molecule has 0 heterocycles. The Morgan fingerprint density at radius 2 is 1.93 bits per heavy atom. The monoisotopic (exact) mass is 189 g/mol. The van der Waals surface area contributed by atoms with Crippen LogP contribution in [0.4, 0.5) is 0 Å². The fourth-order valence-electron chi connectivity index (χ4n) is 1.56. The summed E-state index contributed by atoms with van der Waals surface area (Å²) in [6.07, 6.45) is 3.15. The second-order valence-electron chi connectivity index (χ2n) is 4.06. The van der Waals surface area contributed by atoms with Crippen LogP contribution in [-0.4, -0.2) is 11.3 Å². The molecule has 0 saturated heterocycles. The van der Waals surface area contributed by atoms with Crippen LogP contribution in [-0.2, 0) is 11.2 Å². The van der Waals surface area contributed by atoms with E-state index in [1.807, 2.05) is 30.3 Å². The summed E-state index contributed by atoms with van der Waals surface area (Å²) in [5, 5.41) is 0. The average molecular weight is 189 g/mol. The fourth-order valence-corrected chi connectivity index (χ4v) is 1.56. The van der Waals surface area contributed by atoms with E-state index in [9.17, 15) is 4.79 Å². The van der Waals surface area contributed by atoms with Gasteiger partial charge in [0.05, 0.1) is 5.54 Å². The van der Waals surface area contributed by atoms with Gasteiger partial charge in [0.1, 0.15) is 0 Å². The van der Waals surface area contributed by atoms with Gasteiger partial charge in [0.2, 0.25) is 0 Å². The third-order valence-corrected chi connectivity index (χ3v) is 2.83. The van der Waals surface area contributed by atoms with E-state index < -0.39 is 5.54 Å². The van der Waals surface area contributed by atoms with E-state index in [1.165, 1.54) is 5.56 Å². The summed E-state index contributed by atoms with van der Waals surface area (Å²) < 4.78 is 0. The van der Waals surface area contributed by atoms with Crippen molar-refractivity contribution in [3.63, 3.8) is 0 Å².